The molecule has 1 aromatic carbocycles. The first-order chi connectivity index (χ1) is 9.24. The highest BCUT2D eigenvalue weighted by Gasteiger charge is 2.08. The summed E-state index contributed by atoms with van der Waals surface area (Å²) >= 11 is 0. The van der Waals surface area contributed by atoms with Gasteiger partial charge in [0.1, 0.15) is 5.82 Å². The zero-order chi connectivity index (χ0) is 13.2. The van der Waals surface area contributed by atoms with Gasteiger partial charge in [0.25, 0.3) is 0 Å². The lowest BCUT2D eigenvalue weighted by Crippen LogP contribution is -2.01. The minimum Gasteiger partial charge on any atom is -0.384 e. The van der Waals surface area contributed by atoms with E-state index in [1.54, 1.807) is 17.1 Å². The molecule has 4 heteroatoms. The molecule has 2 N–H and O–H groups in total. The Bertz CT molecular complexity index is 684. The van der Waals surface area contributed by atoms with Gasteiger partial charge in [-0.15, -0.1) is 0 Å². The minimum atomic E-state index is 0.614. The molecule has 2 aromatic heterocycles. The molecule has 0 atom stereocenters. The van der Waals surface area contributed by atoms with Gasteiger partial charge < -0.3 is 5.73 Å². The second kappa shape index (κ2) is 4.57. The van der Waals surface area contributed by atoms with E-state index in [1.165, 1.54) is 5.56 Å². The van der Waals surface area contributed by atoms with E-state index >= 15 is 0 Å². The molecule has 0 saturated heterocycles. The quantitative estimate of drug-likeness (QED) is 0.760. The fourth-order valence-corrected chi connectivity index (χ4v) is 1.94. The van der Waals surface area contributed by atoms with E-state index in [4.69, 9.17) is 5.73 Å². The lowest BCUT2D eigenvalue weighted by Gasteiger charge is -2.03. The van der Waals surface area contributed by atoms with Gasteiger partial charge in [0.2, 0.25) is 0 Å². The fraction of sp³-hybridized carbons (Fsp3) is 0.0667. The van der Waals surface area contributed by atoms with Crippen LogP contribution in [0.2, 0.25) is 0 Å². The van der Waals surface area contributed by atoms with Gasteiger partial charge in [0, 0.05) is 24.0 Å². The summed E-state index contributed by atoms with van der Waals surface area (Å²) in [7, 11) is 0. The van der Waals surface area contributed by atoms with Crippen molar-refractivity contribution in [3.05, 3.63) is 60.4 Å². The Kier molecular flexibility index (Phi) is 2.76. The SMILES string of the molecule is Cc1ccc(-n2nc(-c3cccnc3)cc2N)cc1. The van der Waals surface area contributed by atoms with Crippen LogP contribution in [0.1, 0.15) is 5.56 Å². The maximum absolute atomic E-state index is 6.03. The van der Waals surface area contributed by atoms with Crippen LogP contribution in [-0.2, 0) is 0 Å². The second-order valence-electron chi connectivity index (χ2n) is 4.44. The molecule has 0 radical (unpaired) electrons. The molecule has 0 amide bonds. The first-order valence-corrected chi connectivity index (χ1v) is 6.07. The Morgan fingerprint density at radius 1 is 1.11 bits per heavy atom. The summed E-state index contributed by atoms with van der Waals surface area (Å²) in [6.07, 6.45) is 3.52. The standard InChI is InChI=1S/C15H14N4/c1-11-4-6-13(7-5-11)19-15(16)9-14(18-19)12-3-2-8-17-10-12/h2-10H,16H2,1H3. The van der Waals surface area contributed by atoms with Crippen LogP contribution in [0.3, 0.4) is 0 Å². The third-order valence-corrected chi connectivity index (χ3v) is 2.97. The highest BCUT2D eigenvalue weighted by atomic mass is 15.3. The van der Waals surface area contributed by atoms with Crippen molar-refractivity contribution in [2.45, 2.75) is 6.92 Å². The van der Waals surface area contributed by atoms with Crippen molar-refractivity contribution < 1.29 is 0 Å². The van der Waals surface area contributed by atoms with Gasteiger partial charge in [-0.1, -0.05) is 17.7 Å². The average Bonchev–Trinajstić information content (AvgIpc) is 2.83. The third kappa shape index (κ3) is 2.20. The zero-order valence-electron chi connectivity index (χ0n) is 10.6. The van der Waals surface area contributed by atoms with Gasteiger partial charge in [0.15, 0.2) is 0 Å². The Labute approximate surface area is 111 Å². The maximum atomic E-state index is 6.03. The van der Waals surface area contributed by atoms with Crippen molar-refractivity contribution in [1.82, 2.24) is 14.8 Å². The number of anilines is 1. The van der Waals surface area contributed by atoms with Gasteiger partial charge in [-0.3, -0.25) is 4.98 Å². The lowest BCUT2D eigenvalue weighted by molar-refractivity contribution is 0.894. The Morgan fingerprint density at radius 2 is 1.89 bits per heavy atom. The molecule has 4 nitrogen and oxygen atoms in total. The largest absolute Gasteiger partial charge is 0.384 e. The van der Waals surface area contributed by atoms with Crippen LogP contribution in [0.25, 0.3) is 16.9 Å². The van der Waals surface area contributed by atoms with Gasteiger partial charge >= 0.3 is 0 Å². The van der Waals surface area contributed by atoms with E-state index in [-0.39, 0.29) is 0 Å². The van der Waals surface area contributed by atoms with Crippen LogP contribution < -0.4 is 5.73 Å². The number of nitrogen functional groups attached to an aromatic ring is 1. The predicted molar refractivity (Wildman–Crippen MR) is 75.9 cm³/mol. The number of nitrogens with zero attached hydrogens (tertiary/aromatic N) is 3. The summed E-state index contributed by atoms with van der Waals surface area (Å²) in [5.74, 6) is 0.614. The number of hydrogen-bond donors (Lipinski definition) is 1. The smallest absolute Gasteiger partial charge is 0.127 e. The summed E-state index contributed by atoms with van der Waals surface area (Å²) in [6.45, 7) is 2.05. The molecule has 0 aliphatic heterocycles. The molecule has 0 bridgehead atoms. The third-order valence-electron chi connectivity index (χ3n) is 2.97. The molecular formula is C15H14N4. The van der Waals surface area contributed by atoms with Crippen LogP contribution in [-0.4, -0.2) is 14.8 Å². The molecule has 3 rings (SSSR count). The molecule has 2 heterocycles. The predicted octanol–water partition coefficient (Wildman–Crippen LogP) is 2.82. The Balaban J connectivity index is 2.05. The Morgan fingerprint density at radius 3 is 2.58 bits per heavy atom. The zero-order valence-corrected chi connectivity index (χ0v) is 10.6. The first-order valence-electron chi connectivity index (χ1n) is 6.07. The number of hydrogen-bond acceptors (Lipinski definition) is 3. The molecule has 0 aliphatic carbocycles. The number of pyridine rings is 1. The fourth-order valence-electron chi connectivity index (χ4n) is 1.94. The molecule has 0 unspecified atom stereocenters. The van der Waals surface area contributed by atoms with Crippen LogP contribution in [0, 0.1) is 6.92 Å². The van der Waals surface area contributed by atoms with E-state index in [1.807, 2.05) is 42.5 Å². The number of nitrogens with two attached hydrogens (primary N) is 1. The van der Waals surface area contributed by atoms with Crippen LogP contribution in [0.5, 0.6) is 0 Å². The van der Waals surface area contributed by atoms with E-state index < -0.39 is 0 Å². The van der Waals surface area contributed by atoms with E-state index in [2.05, 4.69) is 17.0 Å². The lowest BCUT2D eigenvalue weighted by atomic mass is 10.2. The van der Waals surface area contributed by atoms with Gasteiger partial charge in [0.05, 0.1) is 11.4 Å². The summed E-state index contributed by atoms with van der Waals surface area (Å²) in [5.41, 5.74) is 9.98. The van der Waals surface area contributed by atoms with E-state index in [0.29, 0.717) is 5.82 Å². The summed E-state index contributed by atoms with van der Waals surface area (Å²) in [6, 6.07) is 13.8. The second-order valence-corrected chi connectivity index (χ2v) is 4.44. The van der Waals surface area contributed by atoms with Crippen LogP contribution >= 0.6 is 0 Å². The van der Waals surface area contributed by atoms with Crippen molar-refractivity contribution in [2.75, 3.05) is 5.73 Å². The summed E-state index contributed by atoms with van der Waals surface area (Å²) in [5, 5.41) is 4.53. The molecule has 0 spiro atoms. The van der Waals surface area contributed by atoms with Crippen molar-refractivity contribution in [3.63, 3.8) is 0 Å². The molecule has 0 fully saturated rings. The van der Waals surface area contributed by atoms with E-state index in [9.17, 15) is 0 Å². The van der Waals surface area contributed by atoms with Gasteiger partial charge in [-0.25, -0.2) is 4.68 Å². The van der Waals surface area contributed by atoms with Gasteiger partial charge in [-0.2, -0.15) is 5.10 Å². The Hall–Kier alpha value is -2.62. The molecule has 19 heavy (non-hydrogen) atoms. The summed E-state index contributed by atoms with van der Waals surface area (Å²) < 4.78 is 1.74. The monoisotopic (exact) mass is 250 g/mol. The summed E-state index contributed by atoms with van der Waals surface area (Å²) in [4.78, 5) is 4.09. The molecule has 3 aromatic rings. The number of aromatic nitrogens is 3. The normalized spacial score (nSPS) is 10.6. The molecule has 94 valence electrons. The molecule has 0 saturated carbocycles. The van der Waals surface area contributed by atoms with E-state index in [0.717, 1.165) is 16.9 Å². The highest BCUT2D eigenvalue weighted by Crippen LogP contribution is 2.22. The van der Waals surface area contributed by atoms with Crippen molar-refractivity contribution in [3.8, 4) is 16.9 Å². The van der Waals surface area contributed by atoms with Crippen molar-refractivity contribution >= 4 is 5.82 Å². The number of benzene rings is 1. The maximum Gasteiger partial charge on any atom is 0.127 e. The van der Waals surface area contributed by atoms with Crippen molar-refractivity contribution in [1.29, 1.82) is 0 Å². The highest BCUT2D eigenvalue weighted by molar-refractivity contribution is 5.62. The minimum absolute atomic E-state index is 0.614. The van der Waals surface area contributed by atoms with Crippen molar-refractivity contribution in [2.24, 2.45) is 0 Å². The number of aryl methyl sites for hydroxylation is 1. The van der Waals surface area contributed by atoms with Gasteiger partial charge in [-0.05, 0) is 31.2 Å². The van der Waals surface area contributed by atoms with Crippen LogP contribution in [0.15, 0.2) is 54.9 Å². The average molecular weight is 250 g/mol. The molecular weight excluding hydrogens is 236 g/mol. The van der Waals surface area contributed by atoms with Crippen LogP contribution in [0.4, 0.5) is 5.82 Å². The topological polar surface area (TPSA) is 56.7 Å². The molecule has 0 aliphatic rings. The number of rotatable bonds is 2. The first kappa shape index (κ1) is 11.5.